The van der Waals surface area contributed by atoms with E-state index in [0.717, 1.165) is 11.1 Å². The molecule has 0 heterocycles. The van der Waals surface area contributed by atoms with E-state index < -0.39 is 0 Å². The fourth-order valence-corrected chi connectivity index (χ4v) is 2.35. The molecule has 0 spiro atoms. The molecule has 2 nitrogen and oxygen atoms in total. The van der Waals surface area contributed by atoms with Crippen molar-refractivity contribution < 1.29 is 9.18 Å². The van der Waals surface area contributed by atoms with Crippen LogP contribution in [-0.2, 0) is 4.79 Å². The van der Waals surface area contributed by atoms with Gasteiger partial charge in [0.1, 0.15) is 5.82 Å². The first-order valence-corrected chi connectivity index (χ1v) is 7.61. The Morgan fingerprint density at radius 1 is 0.792 bits per heavy atom. The van der Waals surface area contributed by atoms with Crippen LogP contribution < -0.4 is 5.32 Å². The molecular weight excluding hydrogens is 301 g/mol. The quantitative estimate of drug-likeness (QED) is 0.532. The van der Waals surface area contributed by atoms with E-state index in [1.165, 1.54) is 12.1 Å². The Bertz CT molecular complexity index is 840. The maximum absolute atomic E-state index is 13.0. The molecule has 118 valence electrons. The monoisotopic (exact) mass is 317 g/mol. The van der Waals surface area contributed by atoms with Gasteiger partial charge >= 0.3 is 0 Å². The smallest absolute Gasteiger partial charge is 0.256 e. The van der Waals surface area contributed by atoms with Gasteiger partial charge in [-0.1, -0.05) is 60.7 Å². The van der Waals surface area contributed by atoms with Crippen LogP contribution in [0, 0.1) is 5.82 Å². The third-order valence-corrected chi connectivity index (χ3v) is 3.54. The summed E-state index contributed by atoms with van der Waals surface area (Å²) in [7, 11) is 0. The molecule has 1 amide bonds. The van der Waals surface area contributed by atoms with Gasteiger partial charge < -0.3 is 5.32 Å². The molecule has 1 N–H and O–H groups in total. The van der Waals surface area contributed by atoms with Gasteiger partial charge in [0.2, 0.25) is 0 Å². The Balaban J connectivity index is 1.94. The van der Waals surface area contributed by atoms with Crippen molar-refractivity contribution in [3.05, 3.63) is 102 Å². The molecule has 0 radical (unpaired) electrons. The predicted molar refractivity (Wildman–Crippen MR) is 95.8 cm³/mol. The van der Waals surface area contributed by atoms with Crippen LogP contribution in [0.4, 0.5) is 10.1 Å². The Morgan fingerprint density at radius 3 is 2.00 bits per heavy atom. The summed E-state index contributed by atoms with van der Waals surface area (Å²) >= 11 is 0. The van der Waals surface area contributed by atoms with Crippen LogP contribution in [-0.4, -0.2) is 5.91 Å². The van der Waals surface area contributed by atoms with Gasteiger partial charge in [0, 0.05) is 11.3 Å². The normalized spacial score (nSPS) is 11.1. The second kappa shape index (κ2) is 7.38. The molecule has 3 heteroatoms. The van der Waals surface area contributed by atoms with E-state index in [1.54, 1.807) is 12.1 Å². The van der Waals surface area contributed by atoms with Gasteiger partial charge in [0.05, 0.1) is 0 Å². The van der Waals surface area contributed by atoms with Gasteiger partial charge in [-0.15, -0.1) is 0 Å². The number of hydrogen-bond donors (Lipinski definition) is 1. The molecule has 0 atom stereocenters. The van der Waals surface area contributed by atoms with Gasteiger partial charge in [-0.25, -0.2) is 4.39 Å². The fourth-order valence-electron chi connectivity index (χ4n) is 2.35. The standard InChI is InChI=1S/C21H16FNO/c22-18-11-13-19(14-12-18)23-21(24)20(17-9-5-2-6-10-17)15-16-7-3-1-4-8-16/h1-15H,(H,23,24). The number of carbonyl (C=O) groups is 1. The molecule has 0 fully saturated rings. The summed E-state index contributed by atoms with van der Waals surface area (Å²) in [4.78, 5) is 12.7. The molecule has 0 unspecified atom stereocenters. The molecule has 3 aromatic rings. The summed E-state index contributed by atoms with van der Waals surface area (Å²) in [5.41, 5.74) is 2.86. The highest BCUT2D eigenvalue weighted by molar-refractivity contribution is 6.29. The molecule has 0 saturated carbocycles. The third-order valence-electron chi connectivity index (χ3n) is 3.54. The van der Waals surface area contributed by atoms with E-state index in [-0.39, 0.29) is 11.7 Å². The van der Waals surface area contributed by atoms with Crippen molar-refractivity contribution in [2.45, 2.75) is 0 Å². The van der Waals surface area contributed by atoms with E-state index in [0.29, 0.717) is 11.3 Å². The van der Waals surface area contributed by atoms with E-state index in [9.17, 15) is 9.18 Å². The number of benzene rings is 3. The highest BCUT2D eigenvalue weighted by Crippen LogP contribution is 2.20. The average molecular weight is 317 g/mol. The summed E-state index contributed by atoms with van der Waals surface area (Å²) in [5, 5.41) is 2.81. The van der Waals surface area contributed by atoms with Crippen molar-refractivity contribution in [1.29, 1.82) is 0 Å². The number of rotatable bonds is 4. The first kappa shape index (κ1) is 15.7. The van der Waals surface area contributed by atoms with E-state index in [1.807, 2.05) is 66.7 Å². The van der Waals surface area contributed by atoms with Crippen molar-refractivity contribution in [3.63, 3.8) is 0 Å². The van der Waals surface area contributed by atoms with Crippen LogP contribution in [0.25, 0.3) is 11.6 Å². The average Bonchev–Trinajstić information content (AvgIpc) is 2.63. The molecule has 0 aliphatic heterocycles. The number of amides is 1. The van der Waals surface area contributed by atoms with Crippen molar-refractivity contribution in [1.82, 2.24) is 0 Å². The molecule has 3 aromatic carbocycles. The van der Waals surface area contributed by atoms with Gasteiger partial charge in [-0.2, -0.15) is 0 Å². The van der Waals surface area contributed by atoms with Crippen molar-refractivity contribution >= 4 is 23.2 Å². The van der Waals surface area contributed by atoms with Crippen molar-refractivity contribution in [2.75, 3.05) is 5.32 Å². The molecule has 3 rings (SSSR count). The Hall–Kier alpha value is -3.20. The molecule has 24 heavy (non-hydrogen) atoms. The first-order valence-electron chi connectivity index (χ1n) is 7.61. The highest BCUT2D eigenvalue weighted by atomic mass is 19.1. The zero-order valence-electron chi connectivity index (χ0n) is 12.9. The van der Waals surface area contributed by atoms with E-state index >= 15 is 0 Å². The van der Waals surface area contributed by atoms with Gasteiger partial charge in [-0.05, 0) is 41.5 Å². The zero-order chi connectivity index (χ0) is 16.8. The van der Waals surface area contributed by atoms with E-state index in [4.69, 9.17) is 0 Å². The minimum Gasteiger partial charge on any atom is -0.322 e. The summed E-state index contributed by atoms with van der Waals surface area (Å²) in [6, 6.07) is 24.8. The number of nitrogens with one attached hydrogen (secondary N) is 1. The topological polar surface area (TPSA) is 29.1 Å². The molecule has 0 aliphatic rings. The molecule has 0 bridgehead atoms. The lowest BCUT2D eigenvalue weighted by Crippen LogP contribution is -2.13. The first-order chi connectivity index (χ1) is 11.7. The summed E-state index contributed by atoms with van der Waals surface area (Å²) in [5.74, 6) is -0.576. The minimum atomic E-state index is -0.337. The highest BCUT2D eigenvalue weighted by Gasteiger charge is 2.12. The molecule has 0 saturated heterocycles. The van der Waals surface area contributed by atoms with Crippen LogP contribution in [0.2, 0.25) is 0 Å². The zero-order valence-corrected chi connectivity index (χ0v) is 12.9. The number of anilines is 1. The maximum atomic E-state index is 13.0. The summed E-state index contributed by atoms with van der Waals surface area (Å²) in [6.07, 6.45) is 1.84. The van der Waals surface area contributed by atoms with Crippen LogP contribution >= 0.6 is 0 Å². The van der Waals surface area contributed by atoms with E-state index in [2.05, 4.69) is 5.32 Å². The van der Waals surface area contributed by atoms with Gasteiger partial charge in [-0.3, -0.25) is 4.79 Å². The van der Waals surface area contributed by atoms with Crippen LogP contribution in [0.3, 0.4) is 0 Å². The fraction of sp³-hybridized carbons (Fsp3) is 0. The second-order valence-electron chi connectivity index (χ2n) is 5.30. The lowest BCUT2D eigenvalue weighted by atomic mass is 10.0. The second-order valence-corrected chi connectivity index (χ2v) is 5.30. The minimum absolute atomic E-state index is 0.239. The number of hydrogen-bond acceptors (Lipinski definition) is 1. The van der Waals surface area contributed by atoms with Crippen LogP contribution in [0.1, 0.15) is 11.1 Å². The van der Waals surface area contributed by atoms with Gasteiger partial charge in [0.15, 0.2) is 0 Å². The Kier molecular flexibility index (Phi) is 4.82. The predicted octanol–water partition coefficient (Wildman–Crippen LogP) is 5.01. The van der Waals surface area contributed by atoms with Crippen LogP contribution in [0.15, 0.2) is 84.9 Å². The van der Waals surface area contributed by atoms with Crippen molar-refractivity contribution in [2.24, 2.45) is 0 Å². The Labute approximate surface area is 140 Å². The maximum Gasteiger partial charge on any atom is 0.256 e. The van der Waals surface area contributed by atoms with Gasteiger partial charge in [0.25, 0.3) is 5.91 Å². The number of carbonyl (C=O) groups excluding carboxylic acids is 1. The molecule has 0 aromatic heterocycles. The lowest BCUT2D eigenvalue weighted by Gasteiger charge is -2.10. The SMILES string of the molecule is O=C(Nc1ccc(F)cc1)C(=Cc1ccccc1)c1ccccc1. The summed E-state index contributed by atoms with van der Waals surface area (Å²) in [6.45, 7) is 0. The molecular formula is C21H16FNO. The third kappa shape index (κ3) is 3.96. The number of halogens is 1. The largest absolute Gasteiger partial charge is 0.322 e. The van der Waals surface area contributed by atoms with Crippen molar-refractivity contribution in [3.8, 4) is 0 Å². The Morgan fingerprint density at radius 2 is 1.38 bits per heavy atom. The lowest BCUT2D eigenvalue weighted by molar-refractivity contribution is -0.111. The van der Waals surface area contributed by atoms with Crippen LogP contribution in [0.5, 0.6) is 0 Å². The molecule has 0 aliphatic carbocycles. The summed E-state index contributed by atoms with van der Waals surface area (Å²) < 4.78 is 13.0.